The summed E-state index contributed by atoms with van der Waals surface area (Å²) in [7, 11) is 0. The molecule has 0 spiro atoms. The number of hydrogen-bond acceptors (Lipinski definition) is 4. The lowest BCUT2D eigenvalue weighted by Crippen LogP contribution is -2.33. The van der Waals surface area contributed by atoms with Crippen molar-refractivity contribution in [2.24, 2.45) is 0 Å². The second-order valence-electron chi connectivity index (χ2n) is 6.39. The Morgan fingerprint density at radius 3 is 2.96 bits per heavy atom. The van der Waals surface area contributed by atoms with Crippen LogP contribution in [0.25, 0.3) is 10.9 Å². The molecule has 1 aliphatic heterocycles. The third-order valence-corrected chi connectivity index (χ3v) is 4.75. The molecule has 1 aliphatic rings. The first-order valence-corrected chi connectivity index (χ1v) is 8.33. The fraction of sp³-hybridized carbons (Fsp3) is 0.316. The first-order chi connectivity index (χ1) is 11.7. The van der Waals surface area contributed by atoms with Gasteiger partial charge in [-0.3, -0.25) is 9.69 Å². The first-order valence-electron chi connectivity index (χ1n) is 8.33. The lowest BCUT2D eigenvalue weighted by Gasteiger charge is -2.34. The Labute approximate surface area is 139 Å². The van der Waals surface area contributed by atoms with Gasteiger partial charge in [0, 0.05) is 17.3 Å². The van der Waals surface area contributed by atoms with E-state index >= 15 is 0 Å². The van der Waals surface area contributed by atoms with Gasteiger partial charge in [0.2, 0.25) is 5.43 Å². The van der Waals surface area contributed by atoms with Crippen molar-refractivity contribution in [2.75, 3.05) is 6.54 Å². The number of H-pyrrole nitrogens is 1. The van der Waals surface area contributed by atoms with Crippen molar-refractivity contribution in [1.29, 1.82) is 0 Å². The summed E-state index contributed by atoms with van der Waals surface area (Å²) in [4.78, 5) is 17.5. The molecular formula is C19H20N2O3. The Kier molecular flexibility index (Phi) is 3.86. The number of nitrogens with one attached hydrogen (secondary N) is 1. The molecule has 0 aliphatic carbocycles. The molecule has 2 aromatic heterocycles. The maximum atomic E-state index is 11.6. The second kappa shape index (κ2) is 6.17. The monoisotopic (exact) mass is 324 g/mol. The summed E-state index contributed by atoms with van der Waals surface area (Å²) in [6.45, 7) is 1.53. The van der Waals surface area contributed by atoms with Crippen LogP contribution in [0.4, 0.5) is 0 Å². The van der Waals surface area contributed by atoms with Gasteiger partial charge in [-0.1, -0.05) is 24.6 Å². The Balaban J connectivity index is 1.62. The van der Waals surface area contributed by atoms with Crippen LogP contribution in [0.5, 0.6) is 5.75 Å². The third-order valence-electron chi connectivity index (χ3n) is 4.75. The summed E-state index contributed by atoms with van der Waals surface area (Å²) in [5, 5.41) is 10.6. The van der Waals surface area contributed by atoms with Gasteiger partial charge in [-0.05, 0) is 36.9 Å². The van der Waals surface area contributed by atoms with Crippen LogP contribution in [0.3, 0.4) is 0 Å². The molecule has 0 radical (unpaired) electrons. The van der Waals surface area contributed by atoms with E-state index < -0.39 is 5.43 Å². The minimum absolute atomic E-state index is 0.283. The van der Waals surface area contributed by atoms with Crippen LogP contribution in [0.2, 0.25) is 0 Å². The average Bonchev–Trinajstić information content (AvgIpc) is 3.02. The number of benzene rings is 1. The van der Waals surface area contributed by atoms with E-state index in [-0.39, 0.29) is 11.8 Å². The summed E-state index contributed by atoms with van der Waals surface area (Å²) in [6, 6.07) is 12.2. The largest absolute Gasteiger partial charge is 0.502 e. The number of likely N-dealkylation sites (tertiary alicyclic amines) is 1. The molecule has 5 nitrogen and oxygen atoms in total. The highest BCUT2D eigenvalue weighted by molar-refractivity contribution is 5.80. The smallest absolute Gasteiger partial charge is 0.226 e. The van der Waals surface area contributed by atoms with E-state index in [9.17, 15) is 9.90 Å². The molecular weight excluding hydrogens is 304 g/mol. The topological polar surface area (TPSA) is 69.5 Å². The number of aromatic nitrogens is 1. The van der Waals surface area contributed by atoms with Gasteiger partial charge in [0.15, 0.2) is 5.75 Å². The number of nitrogens with zero attached hydrogens (tertiary/aromatic N) is 1. The number of hydrogen-bond donors (Lipinski definition) is 2. The number of rotatable bonds is 3. The summed E-state index contributed by atoms with van der Waals surface area (Å²) in [6.07, 6.45) is 4.53. The highest BCUT2D eigenvalue weighted by Crippen LogP contribution is 2.33. The lowest BCUT2D eigenvalue weighted by atomic mass is 9.99. The van der Waals surface area contributed by atoms with E-state index in [4.69, 9.17) is 4.42 Å². The van der Waals surface area contributed by atoms with Crippen LogP contribution in [-0.4, -0.2) is 21.5 Å². The molecule has 3 heterocycles. The molecule has 1 fully saturated rings. The minimum Gasteiger partial charge on any atom is -0.502 e. The Hall–Kier alpha value is -2.53. The fourth-order valence-corrected chi connectivity index (χ4v) is 3.53. The number of para-hydroxylation sites is 1. The molecule has 1 aromatic carbocycles. The first kappa shape index (κ1) is 15.0. The Morgan fingerprint density at radius 2 is 2.12 bits per heavy atom. The predicted molar refractivity (Wildman–Crippen MR) is 91.9 cm³/mol. The van der Waals surface area contributed by atoms with Gasteiger partial charge < -0.3 is 14.5 Å². The quantitative estimate of drug-likeness (QED) is 0.773. The van der Waals surface area contributed by atoms with E-state index in [1.54, 1.807) is 0 Å². The molecule has 4 rings (SSSR count). The molecule has 124 valence electrons. The molecule has 24 heavy (non-hydrogen) atoms. The molecule has 0 bridgehead atoms. The zero-order chi connectivity index (χ0) is 16.5. The predicted octanol–water partition coefficient (Wildman–Crippen LogP) is 3.55. The van der Waals surface area contributed by atoms with E-state index in [2.05, 4.69) is 28.1 Å². The van der Waals surface area contributed by atoms with Gasteiger partial charge in [0.05, 0.1) is 12.6 Å². The van der Waals surface area contributed by atoms with Gasteiger partial charge in [0.1, 0.15) is 12.0 Å². The van der Waals surface area contributed by atoms with E-state index in [0.717, 1.165) is 31.2 Å². The normalized spacial score (nSPS) is 18.9. The van der Waals surface area contributed by atoms with Gasteiger partial charge in [0.25, 0.3) is 0 Å². The van der Waals surface area contributed by atoms with Crippen LogP contribution < -0.4 is 5.43 Å². The van der Waals surface area contributed by atoms with Gasteiger partial charge in [-0.25, -0.2) is 0 Å². The molecule has 1 saturated heterocycles. The van der Waals surface area contributed by atoms with Crippen molar-refractivity contribution in [2.45, 2.75) is 31.8 Å². The molecule has 2 N–H and O–H groups in total. The van der Waals surface area contributed by atoms with Crippen LogP contribution in [-0.2, 0) is 6.54 Å². The maximum Gasteiger partial charge on any atom is 0.226 e. The summed E-state index contributed by atoms with van der Waals surface area (Å²) >= 11 is 0. The number of piperidine rings is 1. The standard InChI is InChI=1S/C19H20N2O3/c22-18-10-14(24-12-19(18)23)11-21-8-4-3-7-17(21)16-9-13-5-1-2-6-15(13)20-16/h1-2,5-6,9-10,12,17,20,23H,3-4,7-8,11H2/t17-/m1/s1. The molecule has 0 unspecified atom stereocenters. The number of fused-ring (bicyclic) bond motifs is 1. The highest BCUT2D eigenvalue weighted by Gasteiger charge is 2.26. The van der Waals surface area contributed by atoms with Gasteiger partial charge >= 0.3 is 0 Å². The van der Waals surface area contributed by atoms with Crippen molar-refractivity contribution in [3.8, 4) is 5.75 Å². The number of aromatic hydroxyl groups is 1. The second-order valence-corrected chi connectivity index (χ2v) is 6.39. The molecule has 0 amide bonds. The zero-order valence-corrected chi connectivity index (χ0v) is 13.4. The van der Waals surface area contributed by atoms with Gasteiger partial charge in [-0.15, -0.1) is 0 Å². The molecule has 1 atom stereocenters. The van der Waals surface area contributed by atoms with Crippen LogP contribution in [0, 0.1) is 0 Å². The average molecular weight is 324 g/mol. The lowest BCUT2D eigenvalue weighted by molar-refractivity contribution is 0.126. The van der Waals surface area contributed by atoms with Crippen molar-refractivity contribution >= 4 is 10.9 Å². The van der Waals surface area contributed by atoms with Crippen molar-refractivity contribution < 1.29 is 9.52 Å². The molecule has 5 heteroatoms. The van der Waals surface area contributed by atoms with Gasteiger partial charge in [-0.2, -0.15) is 0 Å². The number of aromatic amines is 1. The maximum absolute atomic E-state index is 11.6. The molecule has 0 saturated carbocycles. The molecule has 3 aromatic rings. The van der Waals surface area contributed by atoms with Crippen molar-refractivity contribution in [3.05, 3.63) is 64.3 Å². The van der Waals surface area contributed by atoms with E-state index in [1.807, 2.05) is 12.1 Å². The van der Waals surface area contributed by atoms with E-state index in [0.29, 0.717) is 12.3 Å². The highest BCUT2D eigenvalue weighted by atomic mass is 16.4. The zero-order valence-electron chi connectivity index (χ0n) is 13.4. The van der Waals surface area contributed by atoms with Crippen LogP contribution >= 0.6 is 0 Å². The summed E-state index contributed by atoms with van der Waals surface area (Å²) in [5.74, 6) is 0.241. The van der Waals surface area contributed by atoms with Crippen molar-refractivity contribution in [1.82, 2.24) is 9.88 Å². The minimum atomic E-state index is -0.393. The third kappa shape index (κ3) is 2.83. The van der Waals surface area contributed by atoms with E-state index in [1.165, 1.54) is 23.6 Å². The summed E-state index contributed by atoms with van der Waals surface area (Å²) in [5.41, 5.74) is 1.96. The van der Waals surface area contributed by atoms with Crippen molar-refractivity contribution in [3.63, 3.8) is 0 Å². The van der Waals surface area contributed by atoms with Crippen LogP contribution in [0.1, 0.15) is 36.8 Å². The van der Waals surface area contributed by atoms with Crippen LogP contribution in [0.15, 0.2) is 51.9 Å². The summed E-state index contributed by atoms with van der Waals surface area (Å²) < 4.78 is 5.38. The Bertz CT molecular complexity index is 879. The SMILES string of the molecule is O=c1cc(CN2CCCC[C@@H]2c2cc3ccccc3[nH]2)occ1O. The fourth-order valence-electron chi connectivity index (χ4n) is 3.53. The Morgan fingerprint density at radius 1 is 1.25 bits per heavy atom.